The van der Waals surface area contributed by atoms with Gasteiger partial charge in [0.05, 0.1) is 16.7 Å². The number of fused-ring (bicyclic) bond motifs is 4. The second-order valence-corrected chi connectivity index (χ2v) is 12.2. The smallest absolute Gasteiger partial charge is 0.347 e. The van der Waals surface area contributed by atoms with E-state index in [1.54, 1.807) is 31.3 Å². The van der Waals surface area contributed by atoms with Gasteiger partial charge in [-0.05, 0) is 72.0 Å². The van der Waals surface area contributed by atoms with Crippen molar-refractivity contribution in [2.24, 2.45) is 5.73 Å². The predicted octanol–water partition coefficient (Wildman–Crippen LogP) is 7.22. The van der Waals surface area contributed by atoms with E-state index in [4.69, 9.17) is 33.7 Å². The number of carbonyl (C=O) groups excluding carboxylic acids is 4. The van der Waals surface area contributed by atoms with E-state index in [0.29, 0.717) is 61.5 Å². The number of halogens is 2. The zero-order chi connectivity index (χ0) is 34.8. The Morgan fingerprint density at radius 2 is 1.16 bits per heavy atom. The molecule has 2 amide bonds. The lowest BCUT2D eigenvalue weighted by atomic mass is 9.89. The molecule has 0 bridgehead atoms. The monoisotopic (exact) mass is 710 g/mol. The van der Waals surface area contributed by atoms with Crippen LogP contribution >= 0.6 is 23.2 Å². The van der Waals surface area contributed by atoms with Gasteiger partial charge in [0.2, 0.25) is 0 Å². The number of imide groups is 1. The Morgan fingerprint density at radius 3 is 1.70 bits per heavy atom. The topological polar surface area (TPSA) is 131 Å². The van der Waals surface area contributed by atoms with Crippen LogP contribution in [0.3, 0.4) is 0 Å². The van der Waals surface area contributed by atoms with Crippen molar-refractivity contribution in [3.05, 3.63) is 117 Å². The summed E-state index contributed by atoms with van der Waals surface area (Å²) in [4.78, 5) is 51.2. The summed E-state index contributed by atoms with van der Waals surface area (Å²) in [7, 11) is 3.68. The zero-order valence-corrected chi connectivity index (χ0v) is 28.2. The second-order valence-electron chi connectivity index (χ2n) is 11.4. The molecule has 0 unspecified atom stereocenters. The number of hydrogen-bond acceptors (Lipinski definition) is 8. The van der Waals surface area contributed by atoms with Crippen molar-refractivity contribution < 1.29 is 23.9 Å². The summed E-state index contributed by atoms with van der Waals surface area (Å²) >= 11 is 12.6. The number of carbonyl (C=O) groups is 4. The van der Waals surface area contributed by atoms with Crippen LogP contribution in [0.4, 0.5) is 0 Å². The molecule has 9 nitrogen and oxygen atoms in total. The molecule has 8 rings (SSSR count). The number of cyclic esters (lactones) is 2. The van der Waals surface area contributed by atoms with Crippen LogP contribution in [0.15, 0.2) is 84.9 Å². The number of amides is 2. The summed E-state index contributed by atoms with van der Waals surface area (Å²) in [6.07, 6.45) is 0. The second kappa shape index (κ2) is 15.3. The predicted molar refractivity (Wildman–Crippen MR) is 202 cm³/mol. The van der Waals surface area contributed by atoms with Crippen molar-refractivity contribution >= 4 is 90.0 Å². The fourth-order valence-electron chi connectivity index (χ4n) is 6.21. The van der Waals surface area contributed by atoms with Gasteiger partial charge in [-0.3, -0.25) is 14.5 Å². The van der Waals surface area contributed by atoms with Gasteiger partial charge >= 0.3 is 11.9 Å². The van der Waals surface area contributed by atoms with Gasteiger partial charge in [-0.2, -0.15) is 0 Å². The molecule has 0 atom stereocenters. The lowest BCUT2D eigenvalue weighted by Gasteiger charge is -2.28. The van der Waals surface area contributed by atoms with Crippen LogP contribution in [0.2, 0.25) is 10.0 Å². The van der Waals surface area contributed by atoms with Gasteiger partial charge in [0.1, 0.15) is 0 Å². The van der Waals surface area contributed by atoms with E-state index in [9.17, 15) is 19.2 Å². The van der Waals surface area contributed by atoms with Crippen LogP contribution in [0.1, 0.15) is 48.9 Å². The SMILES string of the molecule is C.CNCCN.CNCCN1C(=O)c2ccc(Cl)c3cc4ccccc4c(c23)C1=O.O=C1OC(=O)c2c3ccccc3cc3c(Cl)ccc1c23. The molecule has 0 aliphatic carbocycles. The molecule has 0 aromatic heterocycles. The largest absolute Gasteiger partial charge is 0.386 e. The lowest BCUT2D eigenvalue weighted by Crippen LogP contribution is -2.43. The Bertz CT molecular complexity index is 2320. The summed E-state index contributed by atoms with van der Waals surface area (Å²) in [5, 5.41) is 13.1. The summed E-state index contributed by atoms with van der Waals surface area (Å²) in [6.45, 7) is 2.53. The number of likely N-dealkylation sites (N-methyl/N-ethyl adjacent to an activating group) is 2. The quantitative estimate of drug-likeness (QED) is 0.0740. The highest BCUT2D eigenvalue weighted by Gasteiger charge is 2.34. The van der Waals surface area contributed by atoms with Crippen molar-refractivity contribution in [3.63, 3.8) is 0 Å². The normalized spacial score (nSPS) is 13.1. The van der Waals surface area contributed by atoms with E-state index in [0.717, 1.165) is 40.0 Å². The Kier molecular flexibility index (Phi) is 11.2. The first-order chi connectivity index (χ1) is 23.7. The van der Waals surface area contributed by atoms with E-state index >= 15 is 0 Å². The van der Waals surface area contributed by atoms with Gasteiger partial charge in [0, 0.05) is 63.3 Å². The summed E-state index contributed by atoms with van der Waals surface area (Å²) in [6, 6.07) is 25.7. The maximum absolute atomic E-state index is 13.1. The number of esters is 2. The minimum absolute atomic E-state index is 0. The van der Waals surface area contributed by atoms with Crippen LogP contribution in [-0.4, -0.2) is 68.9 Å². The lowest BCUT2D eigenvalue weighted by molar-refractivity contribution is 0.0391. The van der Waals surface area contributed by atoms with Crippen LogP contribution in [0, 0.1) is 0 Å². The van der Waals surface area contributed by atoms with E-state index in [2.05, 4.69) is 10.6 Å². The Balaban J connectivity index is 0.000000170. The number of ether oxygens (including phenoxy) is 1. The van der Waals surface area contributed by atoms with Crippen molar-refractivity contribution in [1.82, 2.24) is 15.5 Å². The van der Waals surface area contributed by atoms with Crippen molar-refractivity contribution in [3.8, 4) is 0 Å². The van der Waals surface area contributed by atoms with Gasteiger partial charge in [-0.1, -0.05) is 79.2 Å². The molecular weight excluding hydrogens is 675 g/mol. The Hall–Kier alpha value is -4.90. The summed E-state index contributed by atoms with van der Waals surface area (Å²) in [5.74, 6) is -1.77. The third-order valence-electron chi connectivity index (χ3n) is 8.47. The van der Waals surface area contributed by atoms with E-state index in [1.807, 2.05) is 67.7 Å². The summed E-state index contributed by atoms with van der Waals surface area (Å²) in [5.41, 5.74) is 6.97. The van der Waals surface area contributed by atoms with Gasteiger partial charge in [0.25, 0.3) is 11.8 Å². The number of hydrogen-bond donors (Lipinski definition) is 3. The van der Waals surface area contributed by atoms with Gasteiger partial charge in [0.15, 0.2) is 0 Å². The third-order valence-corrected chi connectivity index (χ3v) is 9.13. The molecule has 6 aromatic carbocycles. The van der Waals surface area contributed by atoms with E-state index in [1.165, 1.54) is 4.90 Å². The highest BCUT2D eigenvalue weighted by Crippen LogP contribution is 2.39. The van der Waals surface area contributed by atoms with Gasteiger partial charge in [-0.15, -0.1) is 0 Å². The molecule has 256 valence electrons. The number of nitrogens with two attached hydrogens (primary N) is 1. The van der Waals surface area contributed by atoms with Crippen molar-refractivity contribution in [1.29, 1.82) is 0 Å². The molecular formula is C39H36Cl2N4O5. The van der Waals surface area contributed by atoms with Crippen LogP contribution < -0.4 is 16.4 Å². The summed E-state index contributed by atoms with van der Waals surface area (Å²) < 4.78 is 4.83. The average Bonchev–Trinajstić information content (AvgIpc) is 3.10. The number of rotatable bonds is 5. The zero-order valence-electron chi connectivity index (χ0n) is 26.7. The van der Waals surface area contributed by atoms with Crippen molar-refractivity contribution in [2.75, 3.05) is 40.3 Å². The molecule has 2 aliphatic rings. The first-order valence-corrected chi connectivity index (χ1v) is 16.4. The average molecular weight is 712 g/mol. The molecule has 0 fully saturated rings. The molecule has 4 N–H and O–H groups in total. The minimum Gasteiger partial charge on any atom is -0.386 e. The minimum atomic E-state index is -0.626. The molecule has 2 aliphatic heterocycles. The van der Waals surface area contributed by atoms with Crippen molar-refractivity contribution in [2.45, 2.75) is 7.43 Å². The maximum atomic E-state index is 13.1. The Labute approximate surface area is 299 Å². The molecule has 6 aromatic rings. The number of nitrogens with one attached hydrogen (secondary N) is 2. The highest BCUT2D eigenvalue weighted by molar-refractivity contribution is 6.40. The standard InChI is InChI=1S/C19H15ClN2O2.C16H7ClO3.C3H10N2.CH4/c1-21-8-9-22-18(23)13-6-7-15(20)14-10-11-4-2-3-5-12(11)17(16(13)14)19(22)24;17-12-6-5-10-13-11(12)7-8-3-1-2-4-9(8)14(13)16(19)20-15(10)18;1-5-3-2-4;/h2-7,10,21H,8-9H2,1H3;1-7H;5H,2-4H2,1H3;1H4. The molecule has 0 saturated heterocycles. The fourth-order valence-corrected chi connectivity index (χ4v) is 6.63. The van der Waals surface area contributed by atoms with E-state index in [-0.39, 0.29) is 19.2 Å². The first-order valence-electron chi connectivity index (χ1n) is 15.6. The van der Waals surface area contributed by atoms with Gasteiger partial charge < -0.3 is 21.1 Å². The van der Waals surface area contributed by atoms with Crippen LogP contribution in [0.5, 0.6) is 0 Å². The highest BCUT2D eigenvalue weighted by atomic mass is 35.5. The first kappa shape index (κ1) is 36.4. The molecule has 0 spiro atoms. The van der Waals surface area contributed by atoms with Crippen LogP contribution in [0.25, 0.3) is 43.1 Å². The molecule has 11 heteroatoms. The van der Waals surface area contributed by atoms with Crippen LogP contribution in [-0.2, 0) is 4.74 Å². The molecule has 0 saturated carbocycles. The van der Waals surface area contributed by atoms with E-state index < -0.39 is 11.9 Å². The maximum Gasteiger partial charge on any atom is 0.347 e. The Morgan fingerprint density at radius 1 is 0.640 bits per heavy atom. The third kappa shape index (κ3) is 6.42. The molecule has 50 heavy (non-hydrogen) atoms. The number of nitrogens with zero attached hydrogens (tertiary/aromatic N) is 1. The molecule has 2 heterocycles. The fraction of sp³-hybridized carbons (Fsp3) is 0.179. The molecule has 0 radical (unpaired) electrons. The number of benzene rings is 6. The van der Waals surface area contributed by atoms with Gasteiger partial charge in [-0.25, -0.2) is 9.59 Å².